The maximum absolute atomic E-state index is 13.3. The van der Waals surface area contributed by atoms with Crippen molar-refractivity contribution in [1.29, 1.82) is 0 Å². The number of amides is 3. The average molecular weight is 448 g/mol. The number of aryl methyl sites for hydroxylation is 1. The summed E-state index contributed by atoms with van der Waals surface area (Å²) in [4.78, 5) is 39.9. The minimum atomic E-state index is -0.648. The van der Waals surface area contributed by atoms with Gasteiger partial charge in [0.05, 0.1) is 5.56 Å². The molecule has 3 amide bonds. The minimum absolute atomic E-state index is 0.206. The van der Waals surface area contributed by atoms with Crippen molar-refractivity contribution in [2.75, 3.05) is 6.54 Å². The molecule has 0 bridgehead atoms. The molecule has 0 aliphatic carbocycles. The van der Waals surface area contributed by atoms with E-state index in [0.717, 1.165) is 11.4 Å². The summed E-state index contributed by atoms with van der Waals surface area (Å²) < 4.78 is 15.1. The van der Waals surface area contributed by atoms with Crippen LogP contribution in [0.5, 0.6) is 0 Å². The molecule has 1 aliphatic heterocycles. The van der Waals surface area contributed by atoms with Crippen molar-refractivity contribution in [3.63, 3.8) is 0 Å². The van der Waals surface area contributed by atoms with E-state index in [4.69, 9.17) is 0 Å². The summed E-state index contributed by atoms with van der Waals surface area (Å²) in [7, 11) is 0. The summed E-state index contributed by atoms with van der Waals surface area (Å²) in [6.07, 6.45) is 1.24. The van der Waals surface area contributed by atoms with Gasteiger partial charge in [-0.2, -0.15) is 0 Å². The Hall–Kier alpha value is -3.94. The number of nitrogens with zero attached hydrogens (tertiary/aromatic N) is 2. The van der Waals surface area contributed by atoms with Gasteiger partial charge in [0.15, 0.2) is 0 Å². The van der Waals surface area contributed by atoms with Crippen LogP contribution < -0.4 is 10.9 Å². The highest BCUT2D eigenvalue weighted by Crippen LogP contribution is 2.22. The van der Waals surface area contributed by atoms with Crippen LogP contribution in [0.25, 0.3) is 5.69 Å². The zero-order valence-electron chi connectivity index (χ0n) is 18.5. The maximum Gasteiger partial charge on any atom is 0.271 e. The number of benzene rings is 2. The molecule has 7 nitrogen and oxygen atoms in total. The summed E-state index contributed by atoms with van der Waals surface area (Å²) in [5.41, 5.74) is 8.04. The monoisotopic (exact) mass is 448 g/mol. The van der Waals surface area contributed by atoms with E-state index in [2.05, 4.69) is 10.9 Å². The number of likely N-dealkylation sites (tertiary alicyclic amines) is 1. The lowest BCUT2D eigenvalue weighted by Crippen LogP contribution is -2.51. The Morgan fingerprint density at radius 3 is 2.36 bits per heavy atom. The number of carbonyl (C=O) groups excluding carboxylic acids is 3. The van der Waals surface area contributed by atoms with Crippen LogP contribution in [-0.4, -0.2) is 39.8 Å². The molecule has 33 heavy (non-hydrogen) atoms. The molecule has 0 unspecified atom stereocenters. The van der Waals surface area contributed by atoms with Crippen LogP contribution in [0.3, 0.4) is 0 Å². The lowest BCUT2D eigenvalue weighted by molar-refractivity contribution is -0.125. The summed E-state index contributed by atoms with van der Waals surface area (Å²) >= 11 is 0. The molecule has 0 saturated carbocycles. The molecule has 170 valence electrons. The highest BCUT2D eigenvalue weighted by Gasteiger charge is 2.34. The standard InChI is InChI=1S/C25H25FN4O3/c1-16-15-21(17(2)30(16)20-12-10-19(26)11-13-20)23(31)27-28-24(32)22-9-6-14-29(22)25(33)18-7-4-3-5-8-18/h3-5,7-8,10-13,15,22H,6,9,14H2,1-2H3,(H,27,31)(H,28,32)/t22-/m1/s1. The predicted molar refractivity (Wildman–Crippen MR) is 121 cm³/mol. The van der Waals surface area contributed by atoms with Crippen LogP contribution in [0.15, 0.2) is 60.7 Å². The van der Waals surface area contributed by atoms with Gasteiger partial charge < -0.3 is 9.47 Å². The third-order valence-corrected chi connectivity index (χ3v) is 5.90. The van der Waals surface area contributed by atoms with Gasteiger partial charge in [-0.25, -0.2) is 4.39 Å². The molecule has 1 atom stereocenters. The van der Waals surface area contributed by atoms with Crippen molar-refractivity contribution >= 4 is 17.7 Å². The van der Waals surface area contributed by atoms with Crippen LogP contribution in [0, 0.1) is 19.7 Å². The number of halogens is 1. The number of aromatic nitrogens is 1. The van der Waals surface area contributed by atoms with E-state index < -0.39 is 17.9 Å². The van der Waals surface area contributed by atoms with E-state index in [1.165, 1.54) is 17.0 Å². The van der Waals surface area contributed by atoms with Gasteiger partial charge in [-0.3, -0.25) is 25.2 Å². The Morgan fingerprint density at radius 2 is 1.67 bits per heavy atom. The molecule has 1 aromatic heterocycles. The highest BCUT2D eigenvalue weighted by atomic mass is 19.1. The van der Waals surface area contributed by atoms with Crippen LogP contribution in [0.2, 0.25) is 0 Å². The van der Waals surface area contributed by atoms with Gasteiger partial charge in [0.25, 0.3) is 17.7 Å². The van der Waals surface area contributed by atoms with Gasteiger partial charge in [0.2, 0.25) is 0 Å². The summed E-state index contributed by atoms with van der Waals surface area (Å²) in [6, 6.07) is 15.9. The lowest BCUT2D eigenvalue weighted by atomic mass is 10.1. The van der Waals surface area contributed by atoms with Crippen molar-refractivity contribution in [1.82, 2.24) is 20.3 Å². The topological polar surface area (TPSA) is 83.4 Å². The SMILES string of the molecule is Cc1cc(C(=O)NNC(=O)[C@H]2CCCN2C(=O)c2ccccc2)c(C)n1-c1ccc(F)cc1. The summed E-state index contributed by atoms with van der Waals surface area (Å²) in [5, 5.41) is 0. The quantitative estimate of drug-likeness (QED) is 0.601. The first kappa shape index (κ1) is 22.3. The first-order valence-electron chi connectivity index (χ1n) is 10.8. The smallest absolute Gasteiger partial charge is 0.271 e. The summed E-state index contributed by atoms with van der Waals surface area (Å²) in [5.74, 6) is -1.45. The third kappa shape index (κ3) is 4.50. The Kier molecular flexibility index (Phi) is 6.26. The molecule has 8 heteroatoms. The van der Waals surface area contributed by atoms with Gasteiger partial charge in [-0.15, -0.1) is 0 Å². The number of rotatable bonds is 4. The molecule has 2 aromatic carbocycles. The molecular formula is C25H25FN4O3. The summed E-state index contributed by atoms with van der Waals surface area (Å²) in [6.45, 7) is 4.11. The Morgan fingerprint density at radius 1 is 0.970 bits per heavy atom. The van der Waals surface area contributed by atoms with Gasteiger partial charge in [0.1, 0.15) is 11.9 Å². The first-order chi connectivity index (χ1) is 15.9. The molecule has 4 rings (SSSR count). The second-order valence-electron chi connectivity index (χ2n) is 8.06. The van der Waals surface area contributed by atoms with E-state index in [0.29, 0.717) is 36.2 Å². The molecule has 2 N–H and O–H groups in total. The zero-order valence-corrected chi connectivity index (χ0v) is 18.5. The van der Waals surface area contributed by atoms with Crippen molar-refractivity contribution < 1.29 is 18.8 Å². The van der Waals surface area contributed by atoms with E-state index in [-0.39, 0.29) is 11.7 Å². The maximum atomic E-state index is 13.3. The number of hydrazine groups is 1. The number of hydrogen-bond donors (Lipinski definition) is 2. The van der Waals surface area contributed by atoms with Gasteiger partial charge in [0, 0.05) is 29.2 Å². The van der Waals surface area contributed by atoms with E-state index in [1.807, 2.05) is 17.6 Å². The fourth-order valence-electron chi connectivity index (χ4n) is 4.28. The molecule has 0 spiro atoms. The van der Waals surface area contributed by atoms with Crippen molar-refractivity contribution in [3.8, 4) is 5.69 Å². The minimum Gasteiger partial charge on any atom is -0.327 e. The van der Waals surface area contributed by atoms with Gasteiger partial charge in [-0.1, -0.05) is 18.2 Å². The molecular weight excluding hydrogens is 423 g/mol. The second-order valence-corrected chi connectivity index (χ2v) is 8.06. The fraction of sp³-hybridized carbons (Fsp3) is 0.240. The zero-order chi connectivity index (χ0) is 23.5. The Balaban J connectivity index is 1.43. The normalized spacial score (nSPS) is 15.4. The van der Waals surface area contributed by atoms with E-state index >= 15 is 0 Å². The fourth-order valence-corrected chi connectivity index (χ4v) is 4.28. The van der Waals surface area contributed by atoms with Crippen LogP contribution in [-0.2, 0) is 4.79 Å². The molecule has 2 heterocycles. The third-order valence-electron chi connectivity index (χ3n) is 5.90. The number of nitrogens with one attached hydrogen (secondary N) is 2. The van der Waals surface area contributed by atoms with Crippen molar-refractivity contribution in [3.05, 3.63) is 89.0 Å². The van der Waals surface area contributed by atoms with E-state index in [9.17, 15) is 18.8 Å². The molecule has 3 aromatic rings. The molecule has 1 saturated heterocycles. The number of carbonyl (C=O) groups is 3. The van der Waals surface area contributed by atoms with Crippen molar-refractivity contribution in [2.45, 2.75) is 32.7 Å². The van der Waals surface area contributed by atoms with E-state index in [1.54, 1.807) is 49.4 Å². The number of hydrogen-bond acceptors (Lipinski definition) is 3. The second kappa shape index (κ2) is 9.28. The Bertz CT molecular complexity index is 1190. The van der Waals surface area contributed by atoms with Crippen LogP contribution in [0.4, 0.5) is 4.39 Å². The van der Waals surface area contributed by atoms with Crippen LogP contribution in [0.1, 0.15) is 44.9 Å². The molecule has 0 radical (unpaired) electrons. The molecule has 1 fully saturated rings. The first-order valence-corrected chi connectivity index (χ1v) is 10.8. The lowest BCUT2D eigenvalue weighted by Gasteiger charge is -2.24. The van der Waals surface area contributed by atoms with Gasteiger partial charge >= 0.3 is 0 Å². The van der Waals surface area contributed by atoms with Gasteiger partial charge in [-0.05, 0) is 69.2 Å². The van der Waals surface area contributed by atoms with Crippen molar-refractivity contribution in [2.24, 2.45) is 0 Å². The average Bonchev–Trinajstić information content (AvgIpc) is 3.43. The van der Waals surface area contributed by atoms with Crippen LogP contribution >= 0.6 is 0 Å². The largest absolute Gasteiger partial charge is 0.327 e. The Labute approximate surface area is 191 Å². The predicted octanol–water partition coefficient (Wildman–Crippen LogP) is 3.30. The highest BCUT2D eigenvalue weighted by molar-refractivity contribution is 6.00. The molecule has 1 aliphatic rings.